The molecule has 21 heavy (non-hydrogen) atoms. The van der Waals surface area contributed by atoms with Gasteiger partial charge in [0.2, 0.25) is 0 Å². The lowest BCUT2D eigenvalue weighted by molar-refractivity contribution is -0.0749. The Morgan fingerprint density at radius 2 is 1.86 bits per heavy atom. The van der Waals surface area contributed by atoms with Gasteiger partial charge in [0.05, 0.1) is 6.10 Å². The van der Waals surface area contributed by atoms with Crippen LogP contribution in [-0.4, -0.2) is 35.5 Å². The molecule has 5 nitrogen and oxygen atoms in total. The van der Waals surface area contributed by atoms with Gasteiger partial charge in [0.15, 0.2) is 0 Å². The van der Waals surface area contributed by atoms with E-state index in [1.165, 1.54) is 0 Å². The Labute approximate surface area is 127 Å². The lowest BCUT2D eigenvalue weighted by Crippen LogP contribution is -2.53. The van der Waals surface area contributed by atoms with Gasteiger partial charge >= 0.3 is 6.09 Å². The lowest BCUT2D eigenvalue weighted by atomic mass is 9.56. The highest BCUT2D eigenvalue weighted by Gasteiger charge is 2.48. The molecule has 0 aromatic carbocycles. The number of nitrogens with one attached hydrogen (secondary N) is 1. The van der Waals surface area contributed by atoms with Crippen LogP contribution in [0.4, 0.5) is 4.79 Å². The third kappa shape index (κ3) is 4.10. The standard InChI is InChI=1S/C16H30N2O3/c1-15(2,3)21-14(20)18-12-6-4-11(5-7-12)16(10-17)8-13(19)9-16/h11-13,19H,4-10,17H2,1-3H3,(H,18,20). The minimum absolute atomic E-state index is 0.149. The second-order valence-corrected chi connectivity index (χ2v) is 7.82. The fraction of sp³-hybridized carbons (Fsp3) is 0.938. The van der Waals surface area contributed by atoms with E-state index in [1.54, 1.807) is 0 Å². The van der Waals surface area contributed by atoms with E-state index in [-0.39, 0.29) is 23.7 Å². The second kappa shape index (κ2) is 6.13. The Bertz CT molecular complexity index is 364. The van der Waals surface area contributed by atoms with E-state index in [2.05, 4.69) is 5.32 Å². The molecular weight excluding hydrogens is 268 g/mol. The van der Waals surface area contributed by atoms with Crippen molar-refractivity contribution in [2.45, 2.75) is 77.0 Å². The van der Waals surface area contributed by atoms with E-state index in [0.717, 1.165) is 38.5 Å². The predicted molar refractivity (Wildman–Crippen MR) is 81.8 cm³/mol. The van der Waals surface area contributed by atoms with E-state index < -0.39 is 5.60 Å². The molecule has 0 radical (unpaired) electrons. The number of hydrogen-bond donors (Lipinski definition) is 3. The molecule has 0 heterocycles. The van der Waals surface area contributed by atoms with Crippen LogP contribution in [0, 0.1) is 11.3 Å². The summed E-state index contributed by atoms with van der Waals surface area (Å²) in [5.74, 6) is 0.586. The molecule has 0 aliphatic heterocycles. The van der Waals surface area contributed by atoms with Crippen molar-refractivity contribution < 1.29 is 14.6 Å². The molecule has 2 saturated carbocycles. The maximum Gasteiger partial charge on any atom is 0.407 e. The fourth-order valence-electron chi connectivity index (χ4n) is 3.87. The van der Waals surface area contributed by atoms with E-state index in [9.17, 15) is 9.90 Å². The largest absolute Gasteiger partial charge is 0.444 e. The van der Waals surface area contributed by atoms with Gasteiger partial charge in [0, 0.05) is 6.04 Å². The minimum Gasteiger partial charge on any atom is -0.444 e. The summed E-state index contributed by atoms with van der Waals surface area (Å²) < 4.78 is 5.30. The summed E-state index contributed by atoms with van der Waals surface area (Å²) in [4.78, 5) is 11.8. The van der Waals surface area contributed by atoms with Crippen LogP contribution in [0.25, 0.3) is 0 Å². The molecule has 0 unspecified atom stereocenters. The molecule has 0 saturated heterocycles. The molecule has 0 spiro atoms. The van der Waals surface area contributed by atoms with Crippen molar-refractivity contribution >= 4 is 6.09 Å². The topological polar surface area (TPSA) is 84.6 Å². The van der Waals surface area contributed by atoms with Gasteiger partial charge in [-0.15, -0.1) is 0 Å². The third-order valence-electron chi connectivity index (χ3n) is 5.00. The molecule has 2 fully saturated rings. The van der Waals surface area contributed by atoms with Crippen LogP contribution in [0.2, 0.25) is 0 Å². The molecule has 2 rings (SSSR count). The van der Waals surface area contributed by atoms with Crippen LogP contribution in [0.5, 0.6) is 0 Å². The van der Waals surface area contributed by atoms with Crippen molar-refractivity contribution in [2.75, 3.05) is 6.54 Å². The zero-order valence-corrected chi connectivity index (χ0v) is 13.5. The second-order valence-electron chi connectivity index (χ2n) is 7.82. The highest BCUT2D eigenvalue weighted by atomic mass is 16.6. The predicted octanol–water partition coefficient (Wildman–Crippen LogP) is 2.17. The Hall–Kier alpha value is -0.810. The van der Waals surface area contributed by atoms with Gasteiger partial charge < -0.3 is 20.9 Å². The Kier molecular flexibility index (Phi) is 4.83. The monoisotopic (exact) mass is 298 g/mol. The quantitative estimate of drug-likeness (QED) is 0.745. The summed E-state index contributed by atoms with van der Waals surface area (Å²) >= 11 is 0. The number of alkyl carbamates (subject to hydrolysis) is 1. The van der Waals surface area contributed by atoms with E-state index in [4.69, 9.17) is 10.5 Å². The molecule has 0 aromatic heterocycles. The fourth-order valence-corrected chi connectivity index (χ4v) is 3.87. The lowest BCUT2D eigenvalue weighted by Gasteiger charge is -2.52. The number of rotatable bonds is 3. The van der Waals surface area contributed by atoms with Crippen LogP contribution in [0.1, 0.15) is 59.3 Å². The molecule has 122 valence electrons. The van der Waals surface area contributed by atoms with Gasteiger partial charge in [-0.25, -0.2) is 4.79 Å². The molecule has 5 heteroatoms. The number of carbonyl (C=O) groups excluding carboxylic acids is 1. The Morgan fingerprint density at radius 3 is 2.29 bits per heavy atom. The smallest absolute Gasteiger partial charge is 0.407 e. The highest BCUT2D eigenvalue weighted by Crippen LogP contribution is 2.51. The molecule has 0 bridgehead atoms. The third-order valence-corrected chi connectivity index (χ3v) is 5.00. The number of carbonyl (C=O) groups is 1. The Balaban J connectivity index is 1.77. The van der Waals surface area contributed by atoms with Crippen molar-refractivity contribution in [3.8, 4) is 0 Å². The van der Waals surface area contributed by atoms with Crippen LogP contribution in [-0.2, 0) is 4.74 Å². The highest BCUT2D eigenvalue weighted by molar-refractivity contribution is 5.68. The molecule has 0 aromatic rings. The van der Waals surface area contributed by atoms with Crippen LogP contribution >= 0.6 is 0 Å². The maximum atomic E-state index is 11.8. The molecule has 4 N–H and O–H groups in total. The van der Waals surface area contributed by atoms with Gasteiger partial charge in [-0.2, -0.15) is 0 Å². The number of ether oxygens (including phenoxy) is 1. The summed E-state index contributed by atoms with van der Waals surface area (Å²) in [6.07, 6.45) is 5.30. The van der Waals surface area contributed by atoms with Crippen molar-refractivity contribution in [1.82, 2.24) is 5.32 Å². The van der Waals surface area contributed by atoms with E-state index in [0.29, 0.717) is 12.5 Å². The number of hydrogen-bond acceptors (Lipinski definition) is 4. The molecule has 0 atom stereocenters. The van der Waals surface area contributed by atoms with E-state index in [1.807, 2.05) is 20.8 Å². The normalized spacial score (nSPS) is 36.7. The first-order valence-corrected chi connectivity index (χ1v) is 8.12. The van der Waals surface area contributed by atoms with Crippen LogP contribution in [0.3, 0.4) is 0 Å². The Morgan fingerprint density at radius 1 is 1.29 bits per heavy atom. The number of amides is 1. The van der Waals surface area contributed by atoms with Gasteiger partial charge in [0.25, 0.3) is 0 Å². The minimum atomic E-state index is -0.451. The van der Waals surface area contributed by atoms with Gasteiger partial charge in [-0.05, 0) is 77.2 Å². The van der Waals surface area contributed by atoms with Crippen molar-refractivity contribution in [2.24, 2.45) is 17.1 Å². The van der Waals surface area contributed by atoms with Crippen molar-refractivity contribution in [3.05, 3.63) is 0 Å². The first-order chi connectivity index (χ1) is 9.74. The summed E-state index contributed by atoms with van der Waals surface area (Å²) in [5, 5.41) is 12.6. The SMILES string of the molecule is CC(C)(C)OC(=O)NC1CCC(C2(CN)CC(O)C2)CC1. The van der Waals surface area contributed by atoms with Crippen molar-refractivity contribution in [1.29, 1.82) is 0 Å². The zero-order valence-electron chi connectivity index (χ0n) is 13.5. The summed E-state index contributed by atoms with van der Waals surface area (Å²) in [7, 11) is 0. The maximum absolute atomic E-state index is 11.8. The summed E-state index contributed by atoms with van der Waals surface area (Å²) in [6, 6.07) is 0.205. The number of nitrogens with two attached hydrogens (primary N) is 1. The summed E-state index contributed by atoms with van der Waals surface area (Å²) in [5.41, 5.74) is 5.64. The number of aliphatic hydroxyl groups excluding tert-OH is 1. The number of aliphatic hydroxyl groups is 1. The first kappa shape index (κ1) is 16.6. The van der Waals surface area contributed by atoms with Gasteiger partial charge in [-0.3, -0.25) is 0 Å². The molecule has 2 aliphatic carbocycles. The zero-order chi connectivity index (χ0) is 15.7. The van der Waals surface area contributed by atoms with Crippen molar-refractivity contribution in [3.63, 3.8) is 0 Å². The van der Waals surface area contributed by atoms with Crippen LogP contribution < -0.4 is 11.1 Å². The average Bonchev–Trinajstić information content (AvgIpc) is 2.33. The van der Waals surface area contributed by atoms with Crippen LogP contribution in [0.15, 0.2) is 0 Å². The summed E-state index contributed by atoms with van der Waals surface area (Å²) in [6.45, 7) is 6.28. The van der Waals surface area contributed by atoms with Gasteiger partial charge in [-0.1, -0.05) is 0 Å². The molecular formula is C16H30N2O3. The van der Waals surface area contributed by atoms with Gasteiger partial charge in [0.1, 0.15) is 5.60 Å². The molecule has 2 aliphatic rings. The van der Waals surface area contributed by atoms with E-state index >= 15 is 0 Å². The molecule has 1 amide bonds. The first-order valence-electron chi connectivity index (χ1n) is 8.12. The average molecular weight is 298 g/mol.